The highest BCUT2D eigenvalue weighted by Gasteiger charge is 2.27. The highest BCUT2D eigenvalue weighted by Crippen LogP contribution is 2.32. The Balaban J connectivity index is 1.37. The molecule has 0 N–H and O–H groups in total. The maximum absolute atomic E-state index is 12.4. The number of nitrogens with zero attached hydrogens (tertiary/aromatic N) is 3. The SMILES string of the molecule is COc1ccc2nc(OC3CCN(C(=O)c4cc(C)on4)CC3)sc2c1. The van der Waals surface area contributed by atoms with Crippen LogP contribution < -0.4 is 9.47 Å². The van der Waals surface area contributed by atoms with Crippen LogP contribution in [0.25, 0.3) is 10.2 Å². The summed E-state index contributed by atoms with van der Waals surface area (Å²) < 4.78 is 17.3. The number of hydrogen-bond donors (Lipinski definition) is 0. The molecular formula is C18H19N3O4S. The van der Waals surface area contributed by atoms with Crippen molar-refractivity contribution in [2.45, 2.75) is 25.9 Å². The van der Waals surface area contributed by atoms with Gasteiger partial charge in [0, 0.05) is 32.0 Å². The number of ether oxygens (including phenoxy) is 2. The smallest absolute Gasteiger partial charge is 0.276 e. The third-order valence-corrected chi connectivity index (χ3v) is 5.33. The summed E-state index contributed by atoms with van der Waals surface area (Å²) in [6.07, 6.45) is 1.59. The minimum Gasteiger partial charge on any atom is -0.497 e. The zero-order valence-electron chi connectivity index (χ0n) is 14.6. The van der Waals surface area contributed by atoms with Crippen molar-refractivity contribution in [3.63, 3.8) is 0 Å². The molecule has 0 atom stereocenters. The molecule has 3 heterocycles. The normalized spacial score (nSPS) is 15.4. The Kier molecular flexibility index (Phi) is 4.50. The number of likely N-dealkylation sites (tertiary alicyclic amines) is 1. The monoisotopic (exact) mass is 373 g/mol. The van der Waals surface area contributed by atoms with Crippen LogP contribution in [0.3, 0.4) is 0 Å². The molecule has 7 nitrogen and oxygen atoms in total. The Hall–Kier alpha value is -2.61. The summed E-state index contributed by atoms with van der Waals surface area (Å²) >= 11 is 1.51. The molecule has 3 aromatic rings. The van der Waals surface area contributed by atoms with E-state index in [-0.39, 0.29) is 12.0 Å². The Morgan fingerprint density at radius 1 is 1.31 bits per heavy atom. The first-order valence-corrected chi connectivity index (χ1v) is 9.28. The standard InChI is InChI=1S/C18H19N3O4S/c1-11-9-15(20-25-11)17(22)21-7-5-12(6-8-21)24-18-19-14-4-3-13(23-2)10-16(14)26-18/h3-4,9-10,12H,5-8H2,1-2H3. The lowest BCUT2D eigenvalue weighted by Crippen LogP contribution is -2.41. The van der Waals surface area contributed by atoms with Crippen LogP contribution in [0, 0.1) is 6.92 Å². The van der Waals surface area contributed by atoms with Crippen LogP contribution in [0.1, 0.15) is 29.1 Å². The first kappa shape index (κ1) is 16.8. The van der Waals surface area contributed by atoms with Crippen LogP contribution in [0.4, 0.5) is 0 Å². The molecule has 8 heteroatoms. The van der Waals surface area contributed by atoms with Gasteiger partial charge in [0.1, 0.15) is 17.6 Å². The van der Waals surface area contributed by atoms with Crippen molar-refractivity contribution in [3.8, 4) is 10.9 Å². The van der Waals surface area contributed by atoms with E-state index >= 15 is 0 Å². The minimum absolute atomic E-state index is 0.0561. The molecule has 1 saturated heterocycles. The molecule has 1 amide bonds. The van der Waals surface area contributed by atoms with E-state index in [0.717, 1.165) is 28.8 Å². The van der Waals surface area contributed by atoms with Gasteiger partial charge in [0.25, 0.3) is 11.1 Å². The Bertz CT molecular complexity index is 928. The van der Waals surface area contributed by atoms with Crippen molar-refractivity contribution < 1.29 is 18.8 Å². The number of aromatic nitrogens is 2. The van der Waals surface area contributed by atoms with E-state index in [1.807, 2.05) is 18.2 Å². The second kappa shape index (κ2) is 6.95. The van der Waals surface area contributed by atoms with E-state index in [0.29, 0.717) is 29.7 Å². The molecule has 2 aromatic heterocycles. The first-order valence-electron chi connectivity index (χ1n) is 8.46. The van der Waals surface area contributed by atoms with E-state index in [1.54, 1.807) is 25.0 Å². The molecule has 0 spiro atoms. The van der Waals surface area contributed by atoms with Gasteiger partial charge in [0.15, 0.2) is 5.69 Å². The molecule has 1 fully saturated rings. The molecule has 1 aliphatic rings. The van der Waals surface area contributed by atoms with Crippen LogP contribution in [-0.2, 0) is 0 Å². The second-order valence-electron chi connectivity index (χ2n) is 6.25. The third-order valence-electron chi connectivity index (χ3n) is 4.42. The lowest BCUT2D eigenvalue weighted by molar-refractivity contribution is 0.0586. The number of fused-ring (bicyclic) bond motifs is 1. The highest BCUT2D eigenvalue weighted by molar-refractivity contribution is 7.20. The molecule has 0 bridgehead atoms. The van der Waals surface area contributed by atoms with E-state index in [9.17, 15) is 4.79 Å². The maximum atomic E-state index is 12.4. The number of benzene rings is 1. The summed E-state index contributed by atoms with van der Waals surface area (Å²) in [5, 5.41) is 4.46. The summed E-state index contributed by atoms with van der Waals surface area (Å²) in [4.78, 5) is 18.7. The van der Waals surface area contributed by atoms with Crippen LogP contribution in [-0.4, -0.2) is 47.3 Å². The number of thiazole rings is 1. The molecule has 26 heavy (non-hydrogen) atoms. The second-order valence-corrected chi connectivity index (χ2v) is 7.24. The summed E-state index contributed by atoms with van der Waals surface area (Å²) in [6, 6.07) is 7.45. The average molecular weight is 373 g/mol. The number of piperidine rings is 1. The van der Waals surface area contributed by atoms with Gasteiger partial charge >= 0.3 is 0 Å². The fourth-order valence-electron chi connectivity index (χ4n) is 3.01. The predicted octanol–water partition coefficient (Wildman–Crippen LogP) is 3.28. The lowest BCUT2D eigenvalue weighted by Gasteiger charge is -2.31. The number of aryl methyl sites for hydroxylation is 1. The van der Waals surface area contributed by atoms with Gasteiger partial charge in [-0.05, 0) is 25.1 Å². The maximum Gasteiger partial charge on any atom is 0.276 e. The molecule has 4 rings (SSSR count). The Morgan fingerprint density at radius 2 is 2.12 bits per heavy atom. The zero-order valence-corrected chi connectivity index (χ0v) is 15.4. The third kappa shape index (κ3) is 3.37. The number of methoxy groups -OCH3 is 1. The zero-order chi connectivity index (χ0) is 18.1. The molecule has 0 radical (unpaired) electrons. The molecule has 0 aliphatic carbocycles. The average Bonchev–Trinajstić information content (AvgIpc) is 3.26. The fraction of sp³-hybridized carbons (Fsp3) is 0.389. The molecular weight excluding hydrogens is 354 g/mol. The molecule has 1 aromatic carbocycles. The summed E-state index contributed by atoms with van der Waals surface area (Å²) in [5.74, 6) is 1.36. The van der Waals surface area contributed by atoms with Crippen molar-refractivity contribution in [1.29, 1.82) is 0 Å². The number of amides is 1. The van der Waals surface area contributed by atoms with Crippen molar-refractivity contribution >= 4 is 27.5 Å². The van der Waals surface area contributed by atoms with E-state index in [2.05, 4.69) is 10.1 Å². The van der Waals surface area contributed by atoms with Crippen LogP contribution >= 0.6 is 11.3 Å². The predicted molar refractivity (Wildman–Crippen MR) is 97.0 cm³/mol. The summed E-state index contributed by atoms with van der Waals surface area (Å²) in [6.45, 7) is 3.04. The lowest BCUT2D eigenvalue weighted by atomic mass is 10.1. The van der Waals surface area contributed by atoms with Crippen molar-refractivity contribution in [1.82, 2.24) is 15.0 Å². The van der Waals surface area contributed by atoms with Gasteiger partial charge in [-0.25, -0.2) is 4.98 Å². The Labute approximate surface area is 154 Å². The molecule has 0 saturated carbocycles. The molecule has 136 valence electrons. The quantitative estimate of drug-likeness (QED) is 0.698. The van der Waals surface area contributed by atoms with Gasteiger partial charge in [-0.3, -0.25) is 4.79 Å². The molecule has 1 aliphatic heterocycles. The van der Waals surface area contributed by atoms with E-state index < -0.39 is 0 Å². The summed E-state index contributed by atoms with van der Waals surface area (Å²) in [7, 11) is 1.65. The van der Waals surface area contributed by atoms with E-state index in [4.69, 9.17) is 14.0 Å². The van der Waals surface area contributed by atoms with Crippen LogP contribution in [0.2, 0.25) is 0 Å². The van der Waals surface area contributed by atoms with Crippen LogP contribution in [0.5, 0.6) is 10.9 Å². The fourth-order valence-corrected chi connectivity index (χ4v) is 3.92. The van der Waals surface area contributed by atoms with Crippen LogP contribution in [0.15, 0.2) is 28.8 Å². The number of carbonyl (C=O) groups excluding carboxylic acids is 1. The van der Waals surface area contributed by atoms with Gasteiger partial charge in [0.05, 0.1) is 17.3 Å². The number of hydrogen-bond acceptors (Lipinski definition) is 7. The van der Waals surface area contributed by atoms with E-state index in [1.165, 1.54) is 11.3 Å². The molecule has 0 unspecified atom stereocenters. The van der Waals surface area contributed by atoms with Gasteiger partial charge in [-0.1, -0.05) is 16.5 Å². The van der Waals surface area contributed by atoms with Crippen molar-refractivity contribution in [3.05, 3.63) is 35.7 Å². The topological polar surface area (TPSA) is 77.7 Å². The number of rotatable bonds is 4. The largest absolute Gasteiger partial charge is 0.497 e. The van der Waals surface area contributed by atoms with Crippen molar-refractivity contribution in [2.24, 2.45) is 0 Å². The summed E-state index contributed by atoms with van der Waals surface area (Å²) in [5.41, 5.74) is 1.27. The van der Waals surface area contributed by atoms with Gasteiger partial charge < -0.3 is 18.9 Å². The minimum atomic E-state index is -0.0904. The number of carbonyl (C=O) groups is 1. The van der Waals surface area contributed by atoms with Crippen molar-refractivity contribution in [2.75, 3.05) is 20.2 Å². The van der Waals surface area contributed by atoms with Gasteiger partial charge in [-0.15, -0.1) is 0 Å². The van der Waals surface area contributed by atoms with Gasteiger partial charge in [-0.2, -0.15) is 0 Å². The highest BCUT2D eigenvalue weighted by atomic mass is 32.1. The first-order chi connectivity index (χ1) is 12.6. The van der Waals surface area contributed by atoms with Gasteiger partial charge in [0.2, 0.25) is 0 Å². The Morgan fingerprint density at radius 3 is 2.81 bits per heavy atom.